The summed E-state index contributed by atoms with van der Waals surface area (Å²) in [5, 5.41) is 0.550. The molecule has 0 aliphatic carbocycles. The van der Waals surface area contributed by atoms with Gasteiger partial charge in [-0.2, -0.15) is 0 Å². The van der Waals surface area contributed by atoms with E-state index in [1.807, 2.05) is 0 Å². The Hall–Kier alpha value is -1.16. The molecule has 10 heteroatoms. The lowest BCUT2D eigenvalue weighted by Gasteiger charge is -2.09. The Kier molecular flexibility index (Phi) is 5.34. The first kappa shape index (κ1) is 18.2. The van der Waals surface area contributed by atoms with Crippen LogP contribution in [0.5, 0.6) is 0 Å². The molecular weight excluding hydrogens is 380 g/mol. The van der Waals surface area contributed by atoms with Crippen LogP contribution < -0.4 is 4.72 Å². The van der Waals surface area contributed by atoms with Gasteiger partial charge in [0.25, 0.3) is 10.0 Å². The fraction of sp³-hybridized carbons (Fsp3) is 0.308. The Bertz CT molecular complexity index is 920. The maximum absolute atomic E-state index is 12.4. The number of hydrogen-bond donors (Lipinski definition) is 1. The fourth-order valence-electron chi connectivity index (χ4n) is 1.80. The molecule has 1 heterocycles. The number of halogens is 1. The summed E-state index contributed by atoms with van der Waals surface area (Å²) < 4.78 is 49.5. The SMILES string of the molecule is Cc1c(Cl)cccc1S(=O)(=O)Nc1ncc(CCS(C)(=O)=O)s1. The number of anilines is 1. The zero-order valence-electron chi connectivity index (χ0n) is 12.4. The largest absolute Gasteiger partial charge is 0.263 e. The molecule has 0 aliphatic heterocycles. The van der Waals surface area contributed by atoms with E-state index in [1.165, 1.54) is 12.3 Å². The van der Waals surface area contributed by atoms with E-state index in [0.717, 1.165) is 17.6 Å². The number of benzene rings is 1. The number of nitrogens with zero attached hydrogens (tertiary/aromatic N) is 1. The molecule has 0 bridgehead atoms. The second kappa shape index (κ2) is 6.76. The summed E-state index contributed by atoms with van der Waals surface area (Å²) in [5.74, 6) is -0.00517. The number of nitrogens with one attached hydrogen (secondary N) is 1. The molecule has 2 rings (SSSR count). The van der Waals surface area contributed by atoms with Gasteiger partial charge < -0.3 is 0 Å². The topological polar surface area (TPSA) is 93.2 Å². The number of aryl methyl sites for hydroxylation is 1. The number of hydrogen-bond acceptors (Lipinski definition) is 6. The van der Waals surface area contributed by atoms with Gasteiger partial charge in [-0.15, -0.1) is 11.3 Å². The number of sulfone groups is 1. The standard InChI is InChI=1S/C13H15ClN2O4S3/c1-9-11(14)4-3-5-12(9)23(19,20)16-13-15-8-10(21-13)6-7-22(2,17)18/h3-5,8H,6-7H2,1-2H3,(H,15,16). The van der Waals surface area contributed by atoms with E-state index in [4.69, 9.17) is 11.6 Å². The van der Waals surface area contributed by atoms with Crippen LogP contribution in [-0.2, 0) is 26.3 Å². The average Bonchev–Trinajstić information content (AvgIpc) is 2.85. The molecular formula is C13H15ClN2O4S3. The molecule has 0 fully saturated rings. The van der Waals surface area contributed by atoms with Crippen LogP contribution in [0.15, 0.2) is 29.3 Å². The third-order valence-corrected chi connectivity index (χ3v) is 6.94. The predicted molar refractivity (Wildman–Crippen MR) is 92.5 cm³/mol. The van der Waals surface area contributed by atoms with Crippen molar-refractivity contribution in [2.24, 2.45) is 0 Å². The number of thiazole rings is 1. The second-order valence-corrected chi connectivity index (χ2v) is 10.4. The highest BCUT2D eigenvalue weighted by Gasteiger charge is 2.19. The quantitative estimate of drug-likeness (QED) is 0.812. The van der Waals surface area contributed by atoms with E-state index in [9.17, 15) is 16.8 Å². The highest BCUT2D eigenvalue weighted by molar-refractivity contribution is 7.93. The van der Waals surface area contributed by atoms with Gasteiger partial charge >= 0.3 is 0 Å². The molecule has 23 heavy (non-hydrogen) atoms. The van der Waals surface area contributed by atoms with E-state index < -0.39 is 19.9 Å². The lowest BCUT2D eigenvalue weighted by atomic mass is 10.2. The minimum atomic E-state index is -3.80. The van der Waals surface area contributed by atoms with E-state index >= 15 is 0 Å². The van der Waals surface area contributed by atoms with Gasteiger partial charge in [-0.05, 0) is 31.0 Å². The zero-order chi connectivity index (χ0) is 17.3. The predicted octanol–water partition coefficient (Wildman–Crippen LogP) is 2.49. The van der Waals surface area contributed by atoms with Gasteiger partial charge in [-0.25, -0.2) is 21.8 Å². The maximum atomic E-state index is 12.4. The first-order valence-electron chi connectivity index (χ1n) is 6.49. The normalized spacial score (nSPS) is 12.3. The molecule has 0 saturated heterocycles. The minimum Gasteiger partial charge on any atom is -0.255 e. The van der Waals surface area contributed by atoms with Crippen molar-refractivity contribution in [3.63, 3.8) is 0 Å². The Morgan fingerprint density at radius 1 is 1.26 bits per heavy atom. The monoisotopic (exact) mass is 394 g/mol. The van der Waals surface area contributed by atoms with E-state index in [0.29, 0.717) is 21.9 Å². The van der Waals surface area contributed by atoms with Crippen LogP contribution in [0, 0.1) is 6.92 Å². The van der Waals surface area contributed by atoms with Crippen LogP contribution in [0.4, 0.5) is 5.13 Å². The van der Waals surface area contributed by atoms with Crippen LogP contribution in [0.25, 0.3) is 0 Å². The smallest absolute Gasteiger partial charge is 0.255 e. The molecule has 1 aromatic heterocycles. The Morgan fingerprint density at radius 3 is 2.61 bits per heavy atom. The summed E-state index contributed by atoms with van der Waals surface area (Å²) in [6.07, 6.45) is 2.92. The summed E-state index contributed by atoms with van der Waals surface area (Å²) in [6, 6.07) is 4.63. The molecule has 0 spiro atoms. The van der Waals surface area contributed by atoms with Crippen molar-refractivity contribution in [1.82, 2.24) is 4.98 Å². The van der Waals surface area contributed by atoms with E-state index in [1.54, 1.807) is 19.1 Å². The minimum absolute atomic E-state index is 0.00517. The van der Waals surface area contributed by atoms with Crippen LogP contribution in [0.3, 0.4) is 0 Å². The second-order valence-electron chi connectivity index (χ2n) is 4.98. The van der Waals surface area contributed by atoms with Crippen LogP contribution in [-0.4, -0.2) is 33.8 Å². The van der Waals surface area contributed by atoms with Gasteiger partial charge in [0.05, 0.1) is 10.6 Å². The summed E-state index contributed by atoms with van der Waals surface area (Å²) in [6.45, 7) is 1.62. The van der Waals surface area contributed by atoms with Crippen LogP contribution >= 0.6 is 22.9 Å². The lowest BCUT2D eigenvalue weighted by molar-refractivity contribution is 0.599. The molecule has 0 atom stereocenters. The lowest BCUT2D eigenvalue weighted by Crippen LogP contribution is -2.14. The first-order chi connectivity index (χ1) is 10.6. The van der Waals surface area contributed by atoms with Gasteiger partial charge in [0.2, 0.25) is 0 Å². The molecule has 2 aromatic rings. The molecule has 0 amide bonds. The molecule has 0 unspecified atom stereocenters. The van der Waals surface area contributed by atoms with Gasteiger partial charge in [0.15, 0.2) is 5.13 Å². The number of aromatic nitrogens is 1. The zero-order valence-corrected chi connectivity index (χ0v) is 15.6. The van der Waals surface area contributed by atoms with Crippen LogP contribution in [0.2, 0.25) is 5.02 Å². The van der Waals surface area contributed by atoms with Crippen molar-refractivity contribution in [1.29, 1.82) is 0 Å². The molecule has 0 radical (unpaired) electrons. The average molecular weight is 395 g/mol. The van der Waals surface area contributed by atoms with Crippen molar-refractivity contribution in [3.8, 4) is 0 Å². The van der Waals surface area contributed by atoms with Gasteiger partial charge in [-0.1, -0.05) is 17.7 Å². The van der Waals surface area contributed by atoms with E-state index in [-0.39, 0.29) is 15.8 Å². The summed E-state index contributed by atoms with van der Waals surface area (Å²) in [7, 11) is -6.88. The maximum Gasteiger partial charge on any atom is 0.263 e. The summed E-state index contributed by atoms with van der Waals surface area (Å²) in [4.78, 5) is 4.75. The fourth-order valence-corrected chi connectivity index (χ4v) is 5.08. The van der Waals surface area contributed by atoms with Crippen molar-refractivity contribution in [2.45, 2.75) is 18.2 Å². The molecule has 0 aliphatic rings. The van der Waals surface area contributed by atoms with Gasteiger partial charge in [0.1, 0.15) is 9.84 Å². The van der Waals surface area contributed by atoms with Crippen molar-refractivity contribution >= 4 is 47.9 Å². The van der Waals surface area contributed by atoms with Crippen molar-refractivity contribution in [3.05, 3.63) is 39.9 Å². The molecule has 0 saturated carbocycles. The Balaban J connectivity index is 2.18. The number of sulfonamides is 1. The van der Waals surface area contributed by atoms with E-state index in [2.05, 4.69) is 9.71 Å². The van der Waals surface area contributed by atoms with Crippen molar-refractivity contribution < 1.29 is 16.8 Å². The molecule has 1 N–H and O–H groups in total. The molecule has 6 nitrogen and oxygen atoms in total. The van der Waals surface area contributed by atoms with Gasteiger partial charge in [-0.3, -0.25) is 4.72 Å². The highest BCUT2D eigenvalue weighted by atomic mass is 35.5. The summed E-state index contributed by atoms with van der Waals surface area (Å²) in [5.41, 5.74) is 0.454. The van der Waals surface area contributed by atoms with Crippen molar-refractivity contribution in [2.75, 3.05) is 16.7 Å². The van der Waals surface area contributed by atoms with Crippen LogP contribution in [0.1, 0.15) is 10.4 Å². The Labute approximate surface area is 144 Å². The molecule has 1 aromatic carbocycles. The molecule has 126 valence electrons. The first-order valence-corrected chi connectivity index (χ1v) is 11.2. The third kappa shape index (κ3) is 4.90. The number of rotatable bonds is 6. The third-order valence-electron chi connectivity index (χ3n) is 3.00. The highest BCUT2D eigenvalue weighted by Crippen LogP contribution is 2.26. The van der Waals surface area contributed by atoms with Gasteiger partial charge in [0, 0.05) is 22.4 Å². The Morgan fingerprint density at radius 2 is 1.96 bits per heavy atom. The summed E-state index contributed by atoms with van der Waals surface area (Å²) >= 11 is 7.06.